The number of halogens is 1. The van der Waals surface area contributed by atoms with Gasteiger partial charge in [-0.1, -0.05) is 19.9 Å². The predicted molar refractivity (Wildman–Crippen MR) is 86.6 cm³/mol. The van der Waals surface area contributed by atoms with E-state index in [0.29, 0.717) is 24.1 Å². The average Bonchev–Trinajstić information content (AvgIpc) is 3.01. The molecule has 0 spiro atoms. The van der Waals surface area contributed by atoms with Gasteiger partial charge in [-0.25, -0.2) is 9.37 Å². The van der Waals surface area contributed by atoms with Crippen molar-refractivity contribution in [3.8, 4) is 5.69 Å². The Labute approximate surface area is 130 Å². The molecule has 0 fully saturated rings. The first kappa shape index (κ1) is 16.0. The molecule has 0 aliphatic carbocycles. The Morgan fingerprint density at radius 2 is 2.18 bits per heavy atom. The summed E-state index contributed by atoms with van der Waals surface area (Å²) in [4.78, 5) is 8.07. The number of nitrogens with zero attached hydrogens (tertiary/aromatic N) is 3. The third-order valence-electron chi connectivity index (χ3n) is 3.16. The molecule has 0 atom stereocenters. The quantitative estimate of drug-likeness (QED) is 0.658. The number of aliphatic imine (C=N–C) groups is 1. The van der Waals surface area contributed by atoms with E-state index in [-0.39, 0.29) is 5.82 Å². The Bertz CT molecular complexity index is 619. The molecule has 0 saturated carbocycles. The van der Waals surface area contributed by atoms with E-state index in [1.165, 1.54) is 6.07 Å². The molecule has 0 aliphatic heterocycles. The SMILES string of the molecule is CN=C(NCc1ccc(-n2ccnc2)c(F)c1)NCC(C)C. The molecule has 1 aromatic carbocycles. The fraction of sp³-hybridized carbons (Fsp3) is 0.375. The lowest BCUT2D eigenvalue weighted by Gasteiger charge is -2.14. The lowest BCUT2D eigenvalue weighted by Crippen LogP contribution is -2.38. The summed E-state index contributed by atoms with van der Waals surface area (Å²) in [5, 5.41) is 6.40. The highest BCUT2D eigenvalue weighted by molar-refractivity contribution is 5.79. The smallest absolute Gasteiger partial charge is 0.191 e. The van der Waals surface area contributed by atoms with Crippen molar-refractivity contribution in [2.75, 3.05) is 13.6 Å². The molecule has 0 bridgehead atoms. The molecule has 0 radical (unpaired) electrons. The fourth-order valence-corrected chi connectivity index (χ4v) is 1.98. The first-order valence-electron chi connectivity index (χ1n) is 7.31. The lowest BCUT2D eigenvalue weighted by atomic mass is 10.2. The van der Waals surface area contributed by atoms with Crippen LogP contribution in [-0.4, -0.2) is 29.1 Å². The summed E-state index contributed by atoms with van der Waals surface area (Å²) in [6.45, 7) is 5.61. The van der Waals surface area contributed by atoms with Crippen molar-refractivity contribution in [3.63, 3.8) is 0 Å². The van der Waals surface area contributed by atoms with Crippen molar-refractivity contribution in [1.29, 1.82) is 0 Å². The van der Waals surface area contributed by atoms with E-state index >= 15 is 0 Å². The molecule has 1 heterocycles. The number of imidazole rings is 1. The Morgan fingerprint density at radius 1 is 1.36 bits per heavy atom. The van der Waals surface area contributed by atoms with E-state index in [4.69, 9.17) is 0 Å². The number of rotatable bonds is 5. The summed E-state index contributed by atoms with van der Waals surface area (Å²) in [7, 11) is 1.72. The normalized spacial score (nSPS) is 11.8. The van der Waals surface area contributed by atoms with Crippen LogP contribution in [0.25, 0.3) is 5.69 Å². The Morgan fingerprint density at radius 3 is 2.77 bits per heavy atom. The van der Waals surface area contributed by atoms with Crippen LogP contribution in [-0.2, 0) is 6.54 Å². The van der Waals surface area contributed by atoms with E-state index in [0.717, 1.165) is 12.1 Å². The highest BCUT2D eigenvalue weighted by Gasteiger charge is 2.06. The topological polar surface area (TPSA) is 54.2 Å². The molecule has 1 aromatic heterocycles. The largest absolute Gasteiger partial charge is 0.356 e. The minimum atomic E-state index is -0.276. The zero-order valence-corrected chi connectivity index (χ0v) is 13.2. The van der Waals surface area contributed by atoms with Gasteiger partial charge >= 0.3 is 0 Å². The number of aromatic nitrogens is 2. The van der Waals surface area contributed by atoms with Crippen molar-refractivity contribution in [3.05, 3.63) is 48.3 Å². The summed E-state index contributed by atoms with van der Waals surface area (Å²) in [6, 6.07) is 5.16. The molecule has 5 nitrogen and oxygen atoms in total. The Kier molecular flexibility index (Phi) is 5.52. The van der Waals surface area contributed by atoms with Gasteiger partial charge in [0.15, 0.2) is 5.96 Å². The van der Waals surface area contributed by atoms with Crippen LogP contribution in [0.1, 0.15) is 19.4 Å². The van der Waals surface area contributed by atoms with E-state index in [9.17, 15) is 4.39 Å². The van der Waals surface area contributed by atoms with Crippen molar-refractivity contribution in [2.24, 2.45) is 10.9 Å². The second-order valence-corrected chi connectivity index (χ2v) is 5.46. The van der Waals surface area contributed by atoms with Crippen LogP contribution in [0.2, 0.25) is 0 Å². The molecule has 0 aliphatic rings. The van der Waals surface area contributed by atoms with Gasteiger partial charge in [-0.3, -0.25) is 4.99 Å². The monoisotopic (exact) mass is 303 g/mol. The maximum atomic E-state index is 14.2. The van der Waals surface area contributed by atoms with Crippen molar-refractivity contribution in [2.45, 2.75) is 20.4 Å². The first-order valence-corrected chi connectivity index (χ1v) is 7.31. The summed E-state index contributed by atoms with van der Waals surface area (Å²) < 4.78 is 15.8. The standard InChI is InChI=1S/C16H22FN5/c1-12(2)9-20-16(18-3)21-10-13-4-5-15(14(17)8-13)22-7-6-19-11-22/h4-8,11-12H,9-10H2,1-3H3,(H2,18,20,21). The van der Waals surface area contributed by atoms with E-state index in [1.54, 1.807) is 36.4 Å². The van der Waals surface area contributed by atoms with Crippen LogP contribution in [0.5, 0.6) is 0 Å². The van der Waals surface area contributed by atoms with Crippen LogP contribution in [0.4, 0.5) is 4.39 Å². The number of nitrogens with one attached hydrogen (secondary N) is 2. The molecule has 118 valence electrons. The molecular formula is C16H22FN5. The van der Waals surface area contributed by atoms with Crippen molar-refractivity contribution < 1.29 is 4.39 Å². The average molecular weight is 303 g/mol. The molecule has 2 aromatic rings. The zero-order valence-electron chi connectivity index (χ0n) is 13.2. The van der Waals surface area contributed by atoms with E-state index < -0.39 is 0 Å². The van der Waals surface area contributed by atoms with Gasteiger partial charge in [-0.2, -0.15) is 0 Å². The maximum absolute atomic E-state index is 14.2. The van der Waals surface area contributed by atoms with Gasteiger partial charge in [0, 0.05) is 32.5 Å². The number of guanidine groups is 1. The number of hydrogen-bond donors (Lipinski definition) is 2. The van der Waals surface area contributed by atoms with Gasteiger partial charge in [0.1, 0.15) is 5.82 Å². The lowest BCUT2D eigenvalue weighted by molar-refractivity contribution is 0.610. The van der Waals surface area contributed by atoms with Crippen LogP contribution in [0.3, 0.4) is 0 Å². The number of hydrogen-bond acceptors (Lipinski definition) is 2. The summed E-state index contributed by atoms with van der Waals surface area (Å²) in [6.07, 6.45) is 4.92. The molecule has 0 saturated heterocycles. The zero-order chi connectivity index (χ0) is 15.9. The third kappa shape index (κ3) is 4.31. The molecule has 2 N–H and O–H groups in total. The Hall–Kier alpha value is -2.37. The molecule has 0 amide bonds. The number of benzene rings is 1. The van der Waals surface area contributed by atoms with Gasteiger partial charge in [0.25, 0.3) is 0 Å². The van der Waals surface area contributed by atoms with Gasteiger partial charge < -0.3 is 15.2 Å². The van der Waals surface area contributed by atoms with Crippen molar-refractivity contribution >= 4 is 5.96 Å². The van der Waals surface area contributed by atoms with Gasteiger partial charge in [0.05, 0.1) is 12.0 Å². The van der Waals surface area contributed by atoms with Crippen molar-refractivity contribution in [1.82, 2.24) is 20.2 Å². The van der Waals surface area contributed by atoms with E-state index in [2.05, 4.69) is 34.5 Å². The fourth-order valence-electron chi connectivity index (χ4n) is 1.98. The molecule has 6 heteroatoms. The van der Waals surface area contributed by atoms with Crippen LogP contribution >= 0.6 is 0 Å². The second kappa shape index (κ2) is 7.59. The van der Waals surface area contributed by atoms with Gasteiger partial charge in [-0.05, 0) is 23.6 Å². The molecule has 22 heavy (non-hydrogen) atoms. The van der Waals surface area contributed by atoms with Gasteiger partial charge in [-0.15, -0.1) is 0 Å². The predicted octanol–water partition coefficient (Wildman–Crippen LogP) is 2.33. The molecular weight excluding hydrogens is 281 g/mol. The second-order valence-electron chi connectivity index (χ2n) is 5.46. The minimum Gasteiger partial charge on any atom is -0.356 e. The molecule has 2 rings (SSSR count). The maximum Gasteiger partial charge on any atom is 0.191 e. The molecule has 0 unspecified atom stereocenters. The van der Waals surface area contributed by atoms with E-state index in [1.807, 2.05) is 6.07 Å². The van der Waals surface area contributed by atoms with Crippen LogP contribution in [0.15, 0.2) is 41.9 Å². The minimum absolute atomic E-state index is 0.276. The van der Waals surface area contributed by atoms with Crippen LogP contribution < -0.4 is 10.6 Å². The Balaban J connectivity index is 1.98. The summed E-state index contributed by atoms with van der Waals surface area (Å²) in [5.74, 6) is 0.973. The first-order chi connectivity index (χ1) is 10.6. The summed E-state index contributed by atoms with van der Waals surface area (Å²) in [5.41, 5.74) is 1.34. The summed E-state index contributed by atoms with van der Waals surface area (Å²) >= 11 is 0. The third-order valence-corrected chi connectivity index (χ3v) is 3.16. The van der Waals surface area contributed by atoms with Gasteiger partial charge in [0.2, 0.25) is 0 Å². The highest BCUT2D eigenvalue weighted by atomic mass is 19.1. The van der Waals surface area contributed by atoms with Crippen LogP contribution in [0, 0.1) is 11.7 Å². The highest BCUT2D eigenvalue weighted by Crippen LogP contribution is 2.14.